The Morgan fingerprint density at radius 3 is 2.42 bits per heavy atom. The van der Waals surface area contributed by atoms with E-state index in [1.54, 1.807) is 11.1 Å². The van der Waals surface area contributed by atoms with Crippen LogP contribution in [-0.4, -0.2) is 64.7 Å². The first kappa shape index (κ1) is 21.3. The molecule has 2 fully saturated rings. The van der Waals surface area contributed by atoms with Crippen molar-refractivity contribution in [1.29, 1.82) is 0 Å². The van der Waals surface area contributed by atoms with Crippen molar-refractivity contribution in [1.82, 2.24) is 19.8 Å². The highest BCUT2D eigenvalue weighted by atomic mass is 16.5. The number of imidazole rings is 1. The predicted octanol–water partition coefficient (Wildman–Crippen LogP) is 4.42. The normalized spacial score (nSPS) is 22.5. The van der Waals surface area contributed by atoms with Gasteiger partial charge >= 0.3 is 0 Å². The Morgan fingerprint density at radius 2 is 1.70 bits per heavy atom. The molecule has 174 valence electrons. The maximum Gasteiger partial charge on any atom is 0.121 e. The lowest BCUT2D eigenvalue weighted by Gasteiger charge is -2.38. The molecule has 5 heteroatoms. The maximum absolute atomic E-state index is 6.00. The van der Waals surface area contributed by atoms with Gasteiger partial charge in [-0.1, -0.05) is 36.4 Å². The number of para-hydroxylation sites is 2. The van der Waals surface area contributed by atoms with Crippen LogP contribution in [0.2, 0.25) is 0 Å². The molecule has 0 saturated carbocycles. The van der Waals surface area contributed by atoms with Crippen LogP contribution >= 0.6 is 0 Å². The van der Waals surface area contributed by atoms with E-state index in [2.05, 4.69) is 63.3 Å². The van der Waals surface area contributed by atoms with E-state index in [-0.39, 0.29) is 0 Å². The number of nitrogens with zero attached hydrogens (tertiary/aromatic N) is 3. The first-order valence-corrected chi connectivity index (χ1v) is 12.9. The Hall–Kier alpha value is -2.21. The standard InChI is InChI=1S/C28H36N4O/c1-2-7-23-17-24(16-22(23)6-1)32-13-11-21(12-14-32)18-31(19-25-8-5-15-33-25)20-28-29-26-9-3-4-10-27(26)30-28/h1-4,6-7,9-10,21,24-25H,5,8,11-20H2,(H,29,30). The van der Waals surface area contributed by atoms with E-state index in [0.29, 0.717) is 12.1 Å². The molecule has 1 N–H and O–H groups in total. The number of rotatable bonds is 7. The van der Waals surface area contributed by atoms with Crippen LogP contribution in [0.1, 0.15) is 42.6 Å². The number of ether oxygens (including phenoxy) is 1. The second-order valence-corrected chi connectivity index (χ2v) is 10.3. The van der Waals surface area contributed by atoms with E-state index in [4.69, 9.17) is 9.72 Å². The summed E-state index contributed by atoms with van der Waals surface area (Å²) in [5.41, 5.74) is 5.34. The summed E-state index contributed by atoms with van der Waals surface area (Å²) >= 11 is 0. The third kappa shape index (κ3) is 4.86. The molecular formula is C28H36N4O. The molecule has 0 amide bonds. The second-order valence-electron chi connectivity index (χ2n) is 10.3. The third-order valence-corrected chi connectivity index (χ3v) is 8.01. The van der Waals surface area contributed by atoms with Gasteiger partial charge < -0.3 is 9.72 Å². The first-order chi connectivity index (χ1) is 16.3. The Balaban J connectivity index is 1.07. The van der Waals surface area contributed by atoms with E-state index in [1.165, 1.54) is 51.6 Å². The summed E-state index contributed by atoms with van der Waals surface area (Å²) in [5.74, 6) is 1.84. The Bertz CT molecular complexity index is 1010. The highest BCUT2D eigenvalue weighted by Gasteiger charge is 2.31. The van der Waals surface area contributed by atoms with E-state index in [9.17, 15) is 0 Å². The summed E-state index contributed by atoms with van der Waals surface area (Å²) in [6, 6.07) is 18.1. The molecule has 1 unspecified atom stereocenters. The number of H-pyrrole nitrogens is 1. The van der Waals surface area contributed by atoms with Crippen molar-refractivity contribution in [3.8, 4) is 0 Å². The van der Waals surface area contributed by atoms with Crippen molar-refractivity contribution in [2.75, 3.05) is 32.8 Å². The molecule has 0 radical (unpaired) electrons. The van der Waals surface area contributed by atoms with Crippen molar-refractivity contribution >= 4 is 11.0 Å². The van der Waals surface area contributed by atoms with Gasteiger partial charge in [-0.2, -0.15) is 0 Å². The molecular weight excluding hydrogens is 408 g/mol. The van der Waals surface area contributed by atoms with Crippen molar-refractivity contribution in [2.24, 2.45) is 5.92 Å². The molecule has 3 aromatic rings. The van der Waals surface area contributed by atoms with Gasteiger partial charge in [-0.3, -0.25) is 9.80 Å². The van der Waals surface area contributed by atoms with Crippen molar-refractivity contribution in [3.05, 3.63) is 65.5 Å². The number of fused-ring (bicyclic) bond motifs is 2. The van der Waals surface area contributed by atoms with Crippen LogP contribution in [0, 0.1) is 5.92 Å². The molecule has 0 bridgehead atoms. The van der Waals surface area contributed by atoms with Gasteiger partial charge in [-0.15, -0.1) is 0 Å². The lowest BCUT2D eigenvalue weighted by Crippen LogP contribution is -2.44. The Kier molecular flexibility index (Phi) is 6.19. The van der Waals surface area contributed by atoms with Gasteiger partial charge in [0.2, 0.25) is 0 Å². The molecule has 2 aliphatic heterocycles. The molecule has 0 spiro atoms. The fourth-order valence-electron chi connectivity index (χ4n) is 6.23. The van der Waals surface area contributed by atoms with Crippen molar-refractivity contribution in [3.63, 3.8) is 0 Å². The van der Waals surface area contributed by atoms with Crippen LogP contribution in [-0.2, 0) is 24.1 Å². The van der Waals surface area contributed by atoms with Crippen LogP contribution in [0.15, 0.2) is 48.5 Å². The highest BCUT2D eigenvalue weighted by Crippen LogP contribution is 2.29. The predicted molar refractivity (Wildman–Crippen MR) is 132 cm³/mol. The minimum Gasteiger partial charge on any atom is -0.377 e. The van der Waals surface area contributed by atoms with E-state index >= 15 is 0 Å². The summed E-state index contributed by atoms with van der Waals surface area (Å²) in [5, 5.41) is 0. The molecule has 3 heterocycles. The number of piperidine rings is 1. The Morgan fingerprint density at radius 1 is 0.939 bits per heavy atom. The average Bonchev–Trinajstić information content (AvgIpc) is 3.58. The zero-order chi connectivity index (χ0) is 22.0. The number of hydrogen-bond acceptors (Lipinski definition) is 4. The smallest absolute Gasteiger partial charge is 0.121 e. The molecule has 6 rings (SSSR count). The molecule has 5 nitrogen and oxygen atoms in total. The number of likely N-dealkylation sites (tertiary alicyclic amines) is 1. The second kappa shape index (κ2) is 9.57. The fraction of sp³-hybridized carbons (Fsp3) is 0.536. The molecule has 1 aliphatic carbocycles. The lowest BCUT2D eigenvalue weighted by atomic mass is 9.94. The van der Waals surface area contributed by atoms with Gasteiger partial charge in [0.1, 0.15) is 5.82 Å². The van der Waals surface area contributed by atoms with Gasteiger partial charge in [0.05, 0.1) is 23.7 Å². The zero-order valence-electron chi connectivity index (χ0n) is 19.6. The number of nitrogens with one attached hydrogen (secondary N) is 1. The summed E-state index contributed by atoms with van der Waals surface area (Å²) in [4.78, 5) is 13.8. The number of aromatic nitrogens is 2. The Labute approximate surface area is 197 Å². The van der Waals surface area contributed by atoms with Crippen LogP contribution in [0.25, 0.3) is 11.0 Å². The summed E-state index contributed by atoms with van der Waals surface area (Å²) < 4.78 is 6.00. The largest absolute Gasteiger partial charge is 0.377 e. The third-order valence-electron chi connectivity index (χ3n) is 8.01. The van der Waals surface area contributed by atoms with Gasteiger partial charge in [-0.05, 0) is 80.8 Å². The fourth-order valence-corrected chi connectivity index (χ4v) is 6.23. The minimum absolute atomic E-state index is 0.381. The SMILES string of the molecule is c1ccc2c(c1)CC(N1CCC(CN(Cc3nc4ccccc4[nH]3)CC3CCCO3)CC1)C2. The maximum atomic E-state index is 6.00. The van der Waals surface area contributed by atoms with E-state index < -0.39 is 0 Å². The highest BCUT2D eigenvalue weighted by molar-refractivity contribution is 5.74. The van der Waals surface area contributed by atoms with E-state index in [0.717, 1.165) is 49.0 Å². The van der Waals surface area contributed by atoms with Gasteiger partial charge in [-0.25, -0.2) is 4.98 Å². The molecule has 2 aromatic carbocycles. The molecule has 3 aliphatic rings. The lowest BCUT2D eigenvalue weighted by molar-refractivity contribution is 0.0533. The first-order valence-electron chi connectivity index (χ1n) is 12.9. The summed E-state index contributed by atoms with van der Waals surface area (Å²) in [7, 11) is 0. The molecule has 1 aromatic heterocycles. The van der Waals surface area contributed by atoms with Gasteiger partial charge in [0.15, 0.2) is 0 Å². The van der Waals surface area contributed by atoms with E-state index in [1.807, 2.05) is 0 Å². The van der Waals surface area contributed by atoms with Crippen LogP contribution in [0.4, 0.5) is 0 Å². The van der Waals surface area contributed by atoms with Crippen molar-refractivity contribution in [2.45, 2.75) is 57.2 Å². The quantitative estimate of drug-likeness (QED) is 0.586. The van der Waals surface area contributed by atoms with Crippen LogP contribution in [0.5, 0.6) is 0 Å². The van der Waals surface area contributed by atoms with Crippen LogP contribution in [0.3, 0.4) is 0 Å². The summed E-state index contributed by atoms with van der Waals surface area (Å²) in [6.07, 6.45) is 7.84. The number of aromatic amines is 1. The van der Waals surface area contributed by atoms with Gasteiger partial charge in [0.25, 0.3) is 0 Å². The number of hydrogen-bond donors (Lipinski definition) is 1. The zero-order valence-corrected chi connectivity index (χ0v) is 19.6. The topological polar surface area (TPSA) is 44.4 Å². The summed E-state index contributed by atoms with van der Waals surface area (Å²) in [6.45, 7) is 6.45. The van der Waals surface area contributed by atoms with Crippen LogP contribution < -0.4 is 0 Å². The average molecular weight is 445 g/mol. The monoisotopic (exact) mass is 444 g/mol. The van der Waals surface area contributed by atoms with Gasteiger partial charge in [0, 0.05) is 25.7 Å². The molecule has 1 atom stereocenters. The molecule has 2 saturated heterocycles. The number of benzene rings is 2. The van der Waals surface area contributed by atoms with Crippen molar-refractivity contribution < 1.29 is 4.74 Å². The minimum atomic E-state index is 0.381. The molecule has 33 heavy (non-hydrogen) atoms.